The van der Waals surface area contributed by atoms with E-state index >= 15 is 0 Å². The van der Waals surface area contributed by atoms with Crippen LogP contribution in [0.25, 0.3) is 0 Å². The van der Waals surface area contributed by atoms with Crippen molar-refractivity contribution >= 4 is 17.8 Å². The summed E-state index contributed by atoms with van der Waals surface area (Å²) in [5, 5.41) is 18.3. The number of hydrogen-bond donors (Lipinski definition) is 2. The predicted octanol–water partition coefficient (Wildman–Crippen LogP) is 3.42. The number of fused-ring (bicyclic) bond motifs is 1. The number of rotatable bonds is 5. The lowest BCUT2D eigenvalue weighted by Gasteiger charge is -2.23. The van der Waals surface area contributed by atoms with Crippen molar-refractivity contribution in [2.45, 2.75) is 39.3 Å². The summed E-state index contributed by atoms with van der Waals surface area (Å²) in [7, 11) is 1.74. The predicted molar refractivity (Wildman–Crippen MR) is 116 cm³/mol. The third-order valence-corrected chi connectivity index (χ3v) is 4.86. The first-order valence-corrected chi connectivity index (χ1v) is 10.5. The molecule has 0 aliphatic carbocycles. The van der Waals surface area contributed by atoms with Crippen LogP contribution in [0.1, 0.15) is 22.6 Å². The Balaban J connectivity index is 0.000000404. The van der Waals surface area contributed by atoms with Gasteiger partial charge < -0.3 is 24.4 Å². The monoisotopic (exact) mass is 544 g/mol. The van der Waals surface area contributed by atoms with Gasteiger partial charge in [-0.25, -0.2) is 14.6 Å². The Labute approximate surface area is 207 Å². The molecule has 3 rings (SSSR count). The van der Waals surface area contributed by atoms with Gasteiger partial charge in [-0.05, 0) is 19.9 Å². The summed E-state index contributed by atoms with van der Waals surface area (Å²) in [6, 6.07) is 4.17. The van der Waals surface area contributed by atoms with Gasteiger partial charge in [0.05, 0.1) is 12.3 Å². The number of carbonyl (C=O) groups is 2. The van der Waals surface area contributed by atoms with Crippen molar-refractivity contribution in [3.8, 4) is 0 Å². The van der Waals surface area contributed by atoms with Gasteiger partial charge in [0.15, 0.2) is 0 Å². The molecular formula is C21H26F6N4O6. The van der Waals surface area contributed by atoms with Crippen LogP contribution in [0.2, 0.25) is 0 Å². The van der Waals surface area contributed by atoms with Crippen LogP contribution in [-0.4, -0.2) is 82.9 Å². The van der Waals surface area contributed by atoms with Gasteiger partial charge in [0, 0.05) is 57.2 Å². The van der Waals surface area contributed by atoms with Gasteiger partial charge in [-0.3, -0.25) is 4.90 Å². The Bertz CT molecular complexity index is 984. The van der Waals surface area contributed by atoms with Gasteiger partial charge >= 0.3 is 24.3 Å². The largest absolute Gasteiger partial charge is 0.490 e. The Morgan fingerprint density at radius 2 is 1.65 bits per heavy atom. The molecule has 3 heterocycles. The molecule has 1 aliphatic heterocycles. The first kappa shape index (κ1) is 31.6. The zero-order chi connectivity index (χ0) is 28.4. The van der Waals surface area contributed by atoms with E-state index in [0.717, 1.165) is 50.0 Å². The van der Waals surface area contributed by atoms with E-state index in [4.69, 9.17) is 29.1 Å². The molecule has 0 bridgehead atoms. The summed E-state index contributed by atoms with van der Waals surface area (Å²) >= 11 is 0. The highest BCUT2D eigenvalue weighted by molar-refractivity contribution is 5.73. The Hall–Kier alpha value is -3.40. The van der Waals surface area contributed by atoms with E-state index in [9.17, 15) is 26.3 Å². The molecule has 0 unspecified atom stereocenters. The van der Waals surface area contributed by atoms with Crippen molar-refractivity contribution < 1.29 is 55.4 Å². The number of aromatic nitrogens is 2. The fourth-order valence-electron chi connectivity index (χ4n) is 3.03. The van der Waals surface area contributed by atoms with Crippen LogP contribution in [0, 0.1) is 13.8 Å². The molecule has 2 N–H and O–H groups in total. The van der Waals surface area contributed by atoms with E-state index < -0.39 is 24.3 Å². The third kappa shape index (κ3) is 10.6. The number of aryl methyl sites for hydroxylation is 2. The fourth-order valence-corrected chi connectivity index (χ4v) is 3.03. The minimum atomic E-state index is -5.08. The molecular weight excluding hydrogens is 518 g/mol. The number of methoxy groups -OCH3 is 1. The van der Waals surface area contributed by atoms with Crippen LogP contribution in [0.4, 0.5) is 32.2 Å². The smallest absolute Gasteiger partial charge is 0.475 e. The standard InChI is InChI=1S/C17H24N4O2.2C2HF3O2/c1-13-16(14(2)23-19-13)12-20-7-8-21(9-10-22-3)17-15(11-20)5-4-6-18-17;2*3-2(4,5)1(6)7/h4-6H,7-12H2,1-3H3;2*(H,6,7). The van der Waals surface area contributed by atoms with Gasteiger partial charge in [0.25, 0.3) is 0 Å². The molecule has 2 aromatic rings. The topological polar surface area (TPSA) is 129 Å². The van der Waals surface area contributed by atoms with Crippen molar-refractivity contribution in [2.24, 2.45) is 0 Å². The van der Waals surface area contributed by atoms with E-state index in [1.54, 1.807) is 7.11 Å². The van der Waals surface area contributed by atoms with Crippen LogP contribution >= 0.6 is 0 Å². The highest BCUT2D eigenvalue weighted by Crippen LogP contribution is 2.24. The molecule has 16 heteroatoms. The molecule has 0 spiro atoms. The van der Waals surface area contributed by atoms with E-state index in [-0.39, 0.29) is 0 Å². The van der Waals surface area contributed by atoms with Crippen LogP contribution in [0.15, 0.2) is 22.9 Å². The highest BCUT2D eigenvalue weighted by Gasteiger charge is 2.38. The molecule has 0 saturated heterocycles. The second-order valence-electron chi connectivity index (χ2n) is 7.59. The zero-order valence-electron chi connectivity index (χ0n) is 20.1. The fraction of sp³-hybridized carbons (Fsp3) is 0.524. The molecule has 0 amide bonds. The molecule has 0 fully saturated rings. The van der Waals surface area contributed by atoms with Crippen molar-refractivity contribution in [3.63, 3.8) is 0 Å². The summed E-state index contributed by atoms with van der Waals surface area (Å²) in [6.45, 7) is 9.21. The maximum atomic E-state index is 10.6. The number of carboxylic acids is 2. The van der Waals surface area contributed by atoms with E-state index in [1.807, 2.05) is 26.1 Å². The second kappa shape index (κ2) is 13.8. The number of halogens is 6. The summed E-state index contributed by atoms with van der Waals surface area (Å²) in [5.74, 6) is -3.53. The van der Waals surface area contributed by atoms with E-state index in [1.165, 1.54) is 11.1 Å². The lowest BCUT2D eigenvalue weighted by molar-refractivity contribution is -0.193. The molecule has 208 valence electrons. The number of ether oxygens (including phenoxy) is 1. The normalized spacial score (nSPS) is 13.9. The second-order valence-corrected chi connectivity index (χ2v) is 7.59. The summed E-state index contributed by atoms with van der Waals surface area (Å²) in [5.41, 5.74) is 3.43. The van der Waals surface area contributed by atoms with Crippen LogP contribution in [0.5, 0.6) is 0 Å². The van der Waals surface area contributed by atoms with Crippen LogP contribution < -0.4 is 4.90 Å². The first-order chi connectivity index (χ1) is 17.1. The maximum Gasteiger partial charge on any atom is 0.490 e. The molecule has 1 aliphatic rings. The molecule has 0 saturated carbocycles. The SMILES string of the molecule is COCCN1CCN(Cc2c(C)noc2C)Cc2cccnc21.O=C(O)C(F)(F)F.O=C(O)C(F)(F)F. The van der Waals surface area contributed by atoms with Crippen molar-refractivity contribution in [3.05, 3.63) is 40.9 Å². The zero-order valence-corrected chi connectivity index (χ0v) is 20.1. The Kier molecular flexibility index (Phi) is 11.8. The molecule has 0 aromatic carbocycles. The lowest BCUT2D eigenvalue weighted by Crippen LogP contribution is -2.33. The average molecular weight is 544 g/mol. The Morgan fingerprint density at radius 3 is 2.11 bits per heavy atom. The quantitative estimate of drug-likeness (QED) is 0.540. The number of hydrogen-bond acceptors (Lipinski definition) is 8. The minimum absolute atomic E-state index is 0.708. The van der Waals surface area contributed by atoms with E-state index in [0.29, 0.717) is 6.61 Å². The van der Waals surface area contributed by atoms with Crippen LogP contribution in [-0.2, 0) is 27.4 Å². The summed E-state index contributed by atoms with van der Waals surface area (Å²) in [4.78, 5) is 27.1. The number of anilines is 1. The number of nitrogens with zero attached hydrogens (tertiary/aromatic N) is 4. The molecule has 10 nitrogen and oxygen atoms in total. The van der Waals surface area contributed by atoms with Crippen molar-refractivity contribution in [2.75, 3.05) is 38.3 Å². The number of alkyl halides is 6. The summed E-state index contributed by atoms with van der Waals surface area (Å²) in [6.07, 6.45) is -8.30. The van der Waals surface area contributed by atoms with Gasteiger partial charge in [-0.2, -0.15) is 26.3 Å². The number of pyridine rings is 1. The molecule has 0 atom stereocenters. The van der Waals surface area contributed by atoms with Gasteiger partial charge in [-0.1, -0.05) is 11.2 Å². The number of carboxylic acid groups (broad SMARTS) is 2. The van der Waals surface area contributed by atoms with Crippen LogP contribution in [0.3, 0.4) is 0 Å². The summed E-state index contributed by atoms with van der Waals surface area (Å²) < 4.78 is 74.0. The van der Waals surface area contributed by atoms with Crippen molar-refractivity contribution in [1.82, 2.24) is 15.0 Å². The lowest BCUT2D eigenvalue weighted by atomic mass is 10.1. The average Bonchev–Trinajstić information content (AvgIpc) is 3.01. The molecule has 2 aromatic heterocycles. The van der Waals surface area contributed by atoms with Crippen molar-refractivity contribution in [1.29, 1.82) is 0 Å². The van der Waals surface area contributed by atoms with Gasteiger partial charge in [-0.15, -0.1) is 0 Å². The maximum absolute atomic E-state index is 10.6. The Morgan fingerprint density at radius 1 is 1.08 bits per heavy atom. The molecule has 0 radical (unpaired) electrons. The molecule has 37 heavy (non-hydrogen) atoms. The van der Waals surface area contributed by atoms with Gasteiger partial charge in [0.2, 0.25) is 0 Å². The minimum Gasteiger partial charge on any atom is -0.475 e. The third-order valence-electron chi connectivity index (χ3n) is 4.86. The highest BCUT2D eigenvalue weighted by atomic mass is 19.4. The van der Waals surface area contributed by atoms with Gasteiger partial charge in [0.1, 0.15) is 11.6 Å². The first-order valence-electron chi connectivity index (χ1n) is 10.5. The van der Waals surface area contributed by atoms with E-state index in [2.05, 4.69) is 26.0 Å². The number of aliphatic carboxylic acids is 2.